The van der Waals surface area contributed by atoms with E-state index in [1.54, 1.807) is 0 Å². The van der Waals surface area contributed by atoms with Crippen LogP contribution in [0.4, 0.5) is 0 Å². The van der Waals surface area contributed by atoms with Crippen molar-refractivity contribution < 1.29 is 4.74 Å². The molecule has 2 heteroatoms. The lowest BCUT2D eigenvalue weighted by Gasteiger charge is -2.42. The molecule has 0 radical (unpaired) electrons. The Morgan fingerprint density at radius 3 is 2.17 bits per heavy atom. The SMILES string of the molecule is CCC1CCC(CBr)(OC2CCC(C)CC2)CC1. The van der Waals surface area contributed by atoms with E-state index in [2.05, 4.69) is 29.8 Å². The Balaban J connectivity index is 1.85. The lowest BCUT2D eigenvalue weighted by atomic mass is 9.78. The van der Waals surface area contributed by atoms with Crippen LogP contribution in [0.1, 0.15) is 71.6 Å². The first kappa shape index (κ1) is 14.8. The van der Waals surface area contributed by atoms with Gasteiger partial charge in [-0.25, -0.2) is 0 Å². The van der Waals surface area contributed by atoms with Crippen LogP contribution in [0, 0.1) is 11.8 Å². The van der Waals surface area contributed by atoms with E-state index in [1.165, 1.54) is 57.8 Å². The second-order valence-electron chi connectivity index (χ2n) is 6.67. The Hall–Kier alpha value is 0.440. The van der Waals surface area contributed by atoms with E-state index in [-0.39, 0.29) is 5.60 Å². The van der Waals surface area contributed by atoms with Gasteiger partial charge < -0.3 is 4.74 Å². The van der Waals surface area contributed by atoms with Gasteiger partial charge in [0.1, 0.15) is 0 Å². The molecule has 18 heavy (non-hydrogen) atoms. The van der Waals surface area contributed by atoms with Gasteiger partial charge in [-0.3, -0.25) is 0 Å². The van der Waals surface area contributed by atoms with Crippen molar-refractivity contribution in [2.24, 2.45) is 11.8 Å². The topological polar surface area (TPSA) is 9.23 Å². The van der Waals surface area contributed by atoms with Crippen LogP contribution in [0.3, 0.4) is 0 Å². The molecule has 0 atom stereocenters. The average molecular weight is 317 g/mol. The summed E-state index contributed by atoms with van der Waals surface area (Å²) in [6.45, 7) is 4.71. The molecule has 2 rings (SSSR count). The Bertz CT molecular complexity index is 237. The molecule has 2 fully saturated rings. The first-order valence-corrected chi connectivity index (χ1v) is 9.03. The Morgan fingerprint density at radius 1 is 1.06 bits per heavy atom. The van der Waals surface area contributed by atoms with Gasteiger partial charge in [-0.2, -0.15) is 0 Å². The van der Waals surface area contributed by atoms with E-state index >= 15 is 0 Å². The summed E-state index contributed by atoms with van der Waals surface area (Å²) in [7, 11) is 0. The minimum atomic E-state index is 0.164. The van der Waals surface area contributed by atoms with Crippen molar-refractivity contribution in [3.8, 4) is 0 Å². The molecule has 2 aliphatic rings. The summed E-state index contributed by atoms with van der Waals surface area (Å²) in [5, 5.41) is 1.03. The van der Waals surface area contributed by atoms with Crippen LogP contribution in [0.5, 0.6) is 0 Å². The van der Waals surface area contributed by atoms with E-state index in [0.717, 1.165) is 17.2 Å². The third-order valence-electron chi connectivity index (χ3n) is 5.22. The summed E-state index contributed by atoms with van der Waals surface area (Å²) in [6.07, 6.45) is 12.4. The molecule has 2 aliphatic carbocycles. The van der Waals surface area contributed by atoms with Gasteiger partial charge in [0.2, 0.25) is 0 Å². The van der Waals surface area contributed by atoms with Crippen LogP contribution in [0.25, 0.3) is 0 Å². The van der Waals surface area contributed by atoms with Crippen molar-refractivity contribution in [1.29, 1.82) is 0 Å². The first-order valence-electron chi connectivity index (χ1n) is 7.91. The Kier molecular flexibility index (Phi) is 5.56. The highest BCUT2D eigenvalue weighted by molar-refractivity contribution is 9.09. The van der Waals surface area contributed by atoms with Crippen LogP contribution >= 0.6 is 15.9 Å². The van der Waals surface area contributed by atoms with E-state index in [0.29, 0.717) is 6.10 Å². The zero-order chi connectivity index (χ0) is 13.0. The van der Waals surface area contributed by atoms with Crippen molar-refractivity contribution in [3.63, 3.8) is 0 Å². The van der Waals surface area contributed by atoms with Crippen LogP contribution in [-0.4, -0.2) is 17.0 Å². The monoisotopic (exact) mass is 316 g/mol. The zero-order valence-electron chi connectivity index (χ0n) is 12.1. The summed E-state index contributed by atoms with van der Waals surface area (Å²) in [4.78, 5) is 0. The molecule has 106 valence electrons. The first-order chi connectivity index (χ1) is 8.67. The third kappa shape index (κ3) is 3.72. The van der Waals surface area contributed by atoms with Crippen molar-refractivity contribution in [1.82, 2.24) is 0 Å². The Morgan fingerprint density at radius 2 is 1.67 bits per heavy atom. The molecule has 2 saturated carbocycles. The second-order valence-corrected chi connectivity index (χ2v) is 7.23. The van der Waals surface area contributed by atoms with Crippen molar-refractivity contribution in [2.45, 2.75) is 83.3 Å². The molecule has 0 unspecified atom stereocenters. The van der Waals surface area contributed by atoms with Gasteiger partial charge >= 0.3 is 0 Å². The van der Waals surface area contributed by atoms with Gasteiger partial charge in [0, 0.05) is 5.33 Å². The molecule has 1 nitrogen and oxygen atoms in total. The lowest BCUT2D eigenvalue weighted by Crippen LogP contribution is -2.42. The number of alkyl halides is 1. The van der Waals surface area contributed by atoms with E-state index < -0.39 is 0 Å². The van der Waals surface area contributed by atoms with Gasteiger partial charge in [0.05, 0.1) is 11.7 Å². The molecule has 0 N–H and O–H groups in total. The second kappa shape index (κ2) is 6.74. The summed E-state index contributed by atoms with van der Waals surface area (Å²) in [6, 6.07) is 0. The molecule has 0 heterocycles. The number of ether oxygens (including phenoxy) is 1. The molecule has 0 aromatic rings. The fourth-order valence-corrected chi connectivity index (χ4v) is 4.29. The molecule has 0 aromatic heterocycles. The fraction of sp³-hybridized carbons (Fsp3) is 1.00. The van der Waals surface area contributed by atoms with E-state index in [9.17, 15) is 0 Å². The molecular weight excluding hydrogens is 288 g/mol. The van der Waals surface area contributed by atoms with Gasteiger partial charge in [-0.05, 0) is 63.2 Å². The molecule has 0 aliphatic heterocycles. The van der Waals surface area contributed by atoms with Crippen LogP contribution in [-0.2, 0) is 4.74 Å². The van der Waals surface area contributed by atoms with Gasteiger partial charge in [0.15, 0.2) is 0 Å². The predicted octanol–water partition coefficient (Wildman–Crippen LogP) is 5.32. The number of rotatable bonds is 4. The Labute approximate surface area is 121 Å². The zero-order valence-corrected chi connectivity index (χ0v) is 13.7. The van der Waals surface area contributed by atoms with Crippen molar-refractivity contribution in [2.75, 3.05) is 5.33 Å². The van der Waals surface area contributed by atoms with Crippen LogP contribution in [0.2, 0.25) is 0 Å². The number of hydrogen-bond acceptors (Lipinski definition) is 1. The highest BCUT2D eigenvalue weighted by Gasteiger charge is 2.37. The highest BCUT2D eigenvalue weighted by atomic mass is 79.9. The maximum absolute atomic E-state index is 6.56. The smallest absolute Gasteiger partial charge is 0.0782 e. The molecule has 0 saturated heterocycles. The number of halogens is 1. The summed E-state index contributed by atoms with van der Waals surface area (Å²) in [5.74, 6) is 1.87. The standard InChI is InChI=1S/C16H29BrO/c1-3-14-8-10-16(12-17,11-9-14)18-15-6-4-13(2)5-7-15/h13-15H,3-12H2,1-2H3. The van der Waals surface area contributed by atoms with Gasteiger partial charge in [-0.15, -0.1) is 0 Å². The quantitative estimate of drug-likeness (QED) is 0.638. The summed E-state index contributed by atoms with van der Waals surface area (Å²) in [5.41, 5.74) is 0.164. The maximum Gasteiger partial charge on any atom is 0.0782 e. The van der Waals surface area contributed by atoms with E-state index in [1.807, 2.05) is 0 Å². The molecular formula is C16H29BrO. The highest BCUT2D eigenvalue weighted by Crippen LogP contribution is 2.40. The van der Waals surface area contributed by atoms with Gasteiger partial charge in [-0.1, -0.05) is 36.2 Å². The summed E-state index contributed by atoms with van der Waals surface area (Å²) >= 11 is 3.72. The normalized spacial score (nSPS) is 41.8. The lowest BCUT2D eigenvalue weighted by molar-refractivity contribution is -0.117. The van der Waals surface area contributed by atoms with E-state index in [4.69, 9.17) is 4.74 Å². The summed E-state index contributed by atoms with van der Waals surface area (Å²) < 4.78 is 6.56. The largest absolute Gasteiger partial charge is 0.371 e. The fourth-order valence-electron chi connectivity index (χ4n) is 3.60. The molecule has 0 spiro atoms. The van der Waals surface area contributed by atoms with Crippen LogP contribution in [0.15, 0.2) is 0 Å². The predicted molar refractivity (Wildman–Crippen MR) is 81.3 cm³/mol. The molecule has 0 amide bonds. The molecule has 0 bridgehead atoms. The van der Waals surface area contributed by atoms with Gasteiger partial charge in [0.25, 0.3) is 0 Å². The third-order valence-corrected chi connectivity index (χ3v) is 6.24. The maximum atomic E-state index is 6.56. The molecule has 0 aromatic carbocycles. The van der Waals surface area contributed by atoms with Crippen molar-refractivity contribution >= 4 is 15.9 Å². The number of hydrogen-bond donors (Lipinski definition) is 0. The van der Waals surface area contributed by atoms with Crippen molar-refractivity contribution in [3.05, 3.63) is 0 Å². The van der Waals surface area contributed by atoms with Crippen LogP contribution < -0.4 is 0 Å². The average Bonchev–Trinajstić information content (AvgIpc) is 2.42. The minimum Gasteiger partial charge on any atom is -0.371 e. The minimum absolute atomic E-state index is 0.164.